The molecule has 4 nitrogen and oxygen atoms in total. The van der Waals surface area contributed by atoms with Gasteiger partial charge in [-0.2, -0.15) is 0 Å². The van der Waals surface area contributed by atoms with Crippen molar-refractivity contribution in [1.29, 1.82) is 0 Å². The van der Waals surface area contributed by atoms with Crippen LogP contribution in [-0.2, 0) is 12.8 Å². The first kappa shape index (κ1) is 21.0. The standard InChI is InChI=1S/C23H34N4S/c1-5-6-11-19-27-20-21(28-19)17-15-16(12-13-18(17)26-22(20)24)10-8-7-9-14-25-23(2,3)4/h12-13,15,25H,5-11,14H2,1-4H3,(H2,24,26). The van der Waals surface area contributed by atoms with E-state index in [0.29, 0.717) is 5.82 Å². The highest BCUT2D eigenvalue weighted by atomic mass is 32.1. The highest BCUT2D eigenvalue weighted by Crippen LogP contribution is 2.33. The Bertz CT molecular complexity index is 924. The monoisotopic (exact) mass is 398 g/mol. The van der Waals surface area contributed by atoms with Crippen LogP contribution in [0.2, 0.25) is 0 Å². The van der Waals surface area contributed by atoms with E-state index >= 15 is 0 Å². The highest BCUT2D eigenvalue weighted by Gasteiger charge is 2.13. The Hall–Kier alpha value is -1.72. The van der Waals surface area contributed by atoms with Crippen LogP contribution < -0.4 is 11.1 Å². The van der Waals surface area contributed by atoms with Gasteiger partial charge in [-0.3, -0.25) is 0 Å². The molecule has 28 heavy (non-hydrogen) atoms. The predicted octanol–water partition coefficient (Wildman–Crippen LogP) is 5.87. The summed E-state index contributed by atoms with van der Waals surface area (Å²) < 4.78 is 1.20. The van der Waals surface area contributed by atoms with Gasteiger partial charge in [-0.1, -0.05) is 25.8 Å². The van der Waals surface area contributed by atoms with Crippen LogP contribution in [0.4, 0.5) is 5.82 Å². The van der Waals surface area contributed by atoms with Crippen molar-refractivity contribution < 1.29 is 0 Å². The quantitative estimate of drug-likeness (QED) is 0.442. The average molecular weight is 399 g/mol. The summed E-state index contributed by atoms with van der Waals surface area (Å²) in [5.74, 6) is 0.556. The van der Waals surface area contributed by atoms with Crippen molar-refractivity contribution in [2.75, 3.05) is 12.3 Å². The van der Waals surface area contributed by atoms with Gasteiger partial charge >= 0.3 is 0 Å². The zero-order chi connectivity index (χ0) is 20.1. The summed E-state index contributed by atoms with van der Waals surface area (Å²) >= 11 is 1.79. The minimum atomic E-state index is 0.212. The summed E-state index contributed by atoms with van der Waals surface area (Å²) in [4.78, 5) is 9.37. The molecule has 3 rings (SSSR count). The van der Waals surface area contributed by atoms with E-state index in [0.717, 1.165) is 30.4 Å². The largest absolute Gasteiger partial charge is 0.382 e. The van der Waals surface area contributed by atoms with Crippen LogP contribution in [0.5, 0.6) is 0 Å². The van der Waals surface area contributed by atoms with Crippen molar-refractivity contribution in [2.45, 2.75) is 78.2 Å². The number of fused-ring (bicyclic) bond motifs is 3. The molecule has 0 fully saturated rings. The Balaban J connectivity index is 1.70. The second kappa shape index (κ2) is 9.19. The molecule has 0 radical (unpaired) electrons. The second-order valence-corrected chi connectivity index (χ2v) is 9.81. The number of aromatic nitrogens is 2. The molecule has 2 aromatic heterocycles. The van der Waals surface area contributed by atoms with Crippen LogP contribution in [0.25, 0.3) is 21.1 Å². The molecule has 3 N–H and O–H groups in total. The number of unbranched alkanes of at least 4 members (excludes halogenated alkanes) is 3. The molecule has 0 saturated heterocycles. The smallest absolute Gasteiger partial charge is 0.151 e. The van der Waals surface area contributed by atoms with Gasteiger partial charge in [-0.15, -0.1) is 11.3 Å². The third kappa shape index (κ3) is 5.42. The van der Waals surface area contributed by atoms with Gasteiger partial charge in [0.05, 0.1) is 15.2 Å². The second-order valence-electron chi connectivity index (χ2n) is 8.72. The molecule has 0 aliphatic rings. The van der Waals surface area contributed by atoms with Gasteiger partial charge < -0.3 is 11.1 Å². The summed E-state index contributed by atoms with van der Waals surface area (Å²) in [6, 6.07) is 6.62. The molecule has 0 aliphatic carbocycles. The predicted molar refractivity (Wildman–Crippen MR) is 123 cm³/mol. The summed E-state index contributed by atoms with van der Waals surface area (Å²) in [5, 5.41) is 5.94. The Morgan fingerprint density at radius 3 is 2.61 bits per heavy atom. The first-order valence-electron chi connectivity index (χ1n) is 10.6. The van der Waals surface area contributed by atoms with E-state index in [1.54, 1.807) is 11.3 Å². The number of aryl methyl sites for hydroxylation is 2. The van der Waals surface area contributed by atoms with Crippen molar-refractivity contribution in [3.05, 3.63) is 28.8 Å². The van der Waals surface area contributed by atoms with Gasteiger partial charge in [0.2, 0.25) is 0 Å². The zero-order valence-corrected chi connectivity index (χ0v) is 18.6. The minimum absolute atomic E-state index is 0.212. The first-order valence-corrected chi connectivity index (χ1v) is 11.4. The molecule has 0 unspecified atom stereocenters. The molecular formula is C23H34N4S. The molecule has 0 bridgehead atoms. The van der Waals surface area contributed by atoms with Crippen molar-refractivity contribution in [1.82, 2.24) is 15.3 Å². The molecular weight excluding hydrogens is 364 g/mol. The lowest BCUT2D eigenvalue weighted by Gasteiger charge is -2.20. The fourth-order valence-corrected chi connectivity index (χ4v) is 4.59. The van der Waals surface area contributed by atoms with Crippen LogP contribution in [0.1, 0.15) is 70.4 Å². The van der Waals surface area contributed by atoms with Gasteiger partial charge in [0, 0.05) is 10.9 Å². The van der Waals surface area contributed by atoms with Gasteiger partial charge in [-0.05, 0) is 77.1 Å². The van der Waals surface area contributed by atoms with Crippen LogP contribution >= 0.6 is 11.3 Å². The summed E-state index contributed by atoms with van der Waals surface area (Å²) in [6.07, 6.45) is 8.17. The number of pyridine rings is 1. The Morgan fingerprint density at radius 1 is 1.04 bits per heavy atom. The maximum Gasteiger partial charge on any atom is 0.151 e. The normalized spacial score (nSPS) is 12.3. The number of anilines is 1. The fourth-order valence-electron chi connectivity index (χ4n) is 3.45. The lowest BCUT2D eigenvalue weighted by Crippen LogP contribution is -2.36. The van der Waals surface area contributed by atoms with Crippen LogP contribution in [0.15, 0.2) is 18.2 Å². The molecule has 1 aromatic carbocycles. The molecule has 0 atom stereocenters. The van der Waals surface area contributed by atoms with E-state index in [2.05, 4.69) is 56.2 Å². The van der Waals surface area contributed by atoms with Crippen molar-refractivity contribution in [3.8, 4) is 0 Å². The van der Waals surface area contributed by atoms with Crippen LogP contribution in [-0.4, -0.2) is 22.1 Å². The Kier molecular flexibility index (Phi) is 6.89. The molecule has 0 saturated carbocycles. The van der Waals surface area contributed by atoms with Gasteiger partial charge in [-0.25, -0.2) is 9.97 Å². The maximum atomic E-state index is 6.19. The highest BCUT2D eigenvalue weighted by molar-refractivity contribution is 7.19. The minimum Gasteiger partial charge on any atom is -0.382 e. The van der Waals surface area contributed by atoms with Crippen molar-refractivity contribution in [2.24, 2.45) is 0 Å². The molecule has 3 aromatic rings. The number of nitrogens with two attached hydrogens (primary N) is 1. The maximum absolute atomic E-state index is 6.19. The number of nitrogen functional groups attached to an aromatic ring is 1. The number of nitrogens with zero attached hydrogens (tertiary/aromatic N) is 2. The Labute approximate surface area is 173 Å². The lowest BCUT2D eigenvalue weighted by atomic mass is 10.0. The first-order chi connectivity index (χ1) is 13.4. The van der Waals surface area contributed by atoms with E-state index in [-0.39, 0.29) is 5.54 Å². The van der Waals surface area contributed by atoms with Gasteiger partial charge in [0.15, 0.2) is 5.82 Å². The topological polar surface area (TPSA) is 63.8 Å². The number of hydrogen-bond donors (Lipinski definition) is 2. The number of nitrogens with one attached hydrogen (secondary N) is 1. The lowest BCUT2D eigenvalue weighted by molar-refractivity contribution is 0.417. The molecule has 152 valence electrons. The van der Waals surface area contributed by atoms with Crippen molar-refractivity contribution in [3.63, 3.8) is 0 Å². The summed E-state index contributed by atoms with van der Waals surface area (Å²) in [6.45, 7) is 9.96. The van der Waals surface area contributed by atoms with E-state index in [4.69, 9.17) is 10.7 Å². The van der Waals surface area contributed by atoms with Gasteiger partial charge in [0.1, 0.15) is 5.52 Å². The van der Waals surface area contributed by atoms with E-state index in [1.807, 2.05) is 0 Å². The summed E-state index contributed by atoms with van der Waals surface area (Å²) in [7, 11) is 0. The average Bonchev–Trinajstić information content (AvgIpc) is 3.07. The molecule has 5 heteroatoms. The third-order valence-corrected chi connectivity index (χ3v) is 6.15. The third-order valence-electron chi connectivity index (χ3n) is 5.00. The SMILES string of the molecule is CCCCc1nc2c(N)nc3ccc(CCCCCNC(C)(C)C)cc3c2s1. The molecule has 0 amide bonds. The fraction of sp³-hybridized carbons (Fsp3) is 0.565. The molecule has 0 spiro atoms. The van der Waals surface area contributed by atoms with Crippen LogP contribution in [0.3, 0.4) is 0 Å². The number of hydrogen-bond acceptors (Lipinski definition) is 5. The number of rotatable bonds is 9. The van der Waals surface area contributed by atoms with Gasteiger partial charge in [0.25, 0.3) is 0 Å². The molecule has 0 aliphatic heterocycles. The number of benzene rings is 1. The van der Waals surface area contributed by atoms with E-state index < -0.39 is 0 Å². The molecule has 2 heterocycles. The Morgan fingerprint density at radius 2 is 1.86 bits per heavy atom. The van der Waals surface area contributed by atoms with Crippen LogP contribution in [0, 0.1) is 0 Å². The number of thiazole rings is 1. The summed E-state index contributed by atoms with van der Waals surface area (Å²) in [5.41, 5.74) is 9.64. The van der Waals surface area contributed by atoms with E-state index in [9.17, 15) is 0 Å². The van der Waals surface area contributed by atoms with Crippen molar-refractivity contribution >= 4 is 38.3 Å². The zero-order valence-electron chi connectivity index (χ0n) is 17.8. The van der Waals surface area contributed by atoms with E-state index in [1.165, 1.54) is 52.8 Å².